The molecule has 0 aliphatic rings. The van der Waals surface area contributed by atoms with Crippen LogP contribution in [0.25, 0.3) is 0 Å². The zero-order chi connectivity index (χ0) is 15.1. The van der Waals surface area contributed by atoms with Crippen LogP contribution in [-0.4, -0.2) is 49.4 Å². The quantitative estimate of drug-likeness (QED) is 0.717. The molecule has 0 radical (unpaired) electrons. The van der Waals surface area contributed by atoms with Gasteiger partial charge in [-0.2, -0.15) is 0 Å². The topological polar surface area (TPSA) is 75.7 Å². The lowest BCUT2D eigenvalue weighted by Crippen LogP contribution is -2.42. The number of nitrogens with zero attached hydrogens (tertiary/aromatic N) is 1. The molecule has 0 saturated heterocycles. The monoisotopic (exact) mass is 272 g/mol. The Bertz CT molecular complexity index is 334. The minimum absolute atomic E-state index is 0.0601. The van der Waals surface area contributed by atoms with E-state index in [9.17, 15) is 14.4 Å². The van der Waals surface area contributed by atoms with Crippen molar-refractivity contribution in [3.8, 4) is 0 Å². The highest BCUT2D eigenvalue weighted by molar-refractivity contribution is 5.87. The Labute approximate surface area is 114 Å². The molecule has 0 spiro atoms. The van der Waals surface area contributed by atoms with Crippen molar-refractivity contribution < 1.29 is 19.1 Å². The molecule has 0 bridgehead atoms. The lowest BCUT2D eigenvalue weighted by molar-refractivity contribution is -0.144. The standard InChI is InChI=1S/C13H24N2O4/c1-6-19-11(17)7-8-15(5)10(16)9-14-12(18)13(2,3)4/h6-9H2,1-5H3,(H,14,18). The summed E-state index contributed by atoms with van der Waals surface area (Å²) in [4.78, 5) is 35.8. The lowest BCUT2D eigenvalue weighted by atomic mass is 9.96. The van der Waals surface area contributed by atoms with Gasteiger partial charge in [0.15, 0.2) is 0 Å². The van der Waals surface area contributed by atoms with Gasteiger partial charge >= 0.3 is 5.97 Å². The Morgan fingerprint density at radius 3 is 2.26 bits per heavy atom. The minimum Gasteiger partial charge on any atom is -0.466 e. The first kappa shape index (κ1) is 17.4. The number of rotatable bonds is 6. The van der Waals surface area contributed by atoms with Crippen molar-refractivity contribution in [2.75, 3.05) is 26.7 Å². The van der Waals surface area contributed by atoms with Crippen LogP contribution in [0, 0.1) is 5.41 Å². The maximum absolute atomic E-state index is 11.7. The van der Waals surface area contributed by atoms with E-state index in [2.05, 4.69) is 5.32 Å². The molecule has 0 aromatic carbocycles. The van der Waals surface area contributed by atoms with Crippen LogP contribution in [0.15, 0.2) is 0 Å². The van der Waals surface area contributed by atoms with Gasteiger partial charge in [-0.1, -0.05) is 20.8 Å². The number of likely N-dealkylation sites (N-methyl/N-ethyl adjacent to an activating group) is 1. The molecule has 0 fully saturated rings. The maximum atomic E-state index is 11.7. The van der Waals surface area contributed by atoms with Crippen molar-refractivity contribution in [1.29, 1.82) is 0 Å². The van der Waals surface area contributed by atoms with E-state index in [-0.39, 0.29) is 37.3 Å². The third-order valence-corrected chi connectivity index (χ3v) is 2.46. The van der Waals surface area contributed by atoms with Crippen LogP contribution >= 0.6 is 0 Å². The van der Waals surface area contributed by atoms with E-state index in [0.717, 1.165) is 0 Å². The molecular formula is C13H24N2O4. The van der Waals surface area contributed by atoms with Crippen LogP contribution in [-0.2, 0) is 19.1 Å². The van der Waals surface area contributed by atoms with Gasteiger partial charge in [-0.05, 0) is 6.92 Å². The van der Waals surface area contributed by atoms with Crippen LogP contribution < -0.4 is 5.32 Å². The first-order chi connectivity index (χ1) is 8.68. The highest BCUT2D eigenvalue weighted by Crippen LogP contribution is 2.11. The van der Waals surface area contributed by atoms with Gasteiger partial charge in [0.1, 0.15) is 0 Å². The summed E-state index contributed by atoms with van der Waals surface area (Å²) < 4.78 is 4.77. The van der Waals surface area contributed by atoms with Crippen molar-refractivity contribution >= 4 is 17.8 Å². The second-order valence-corrected chi connectivity index (χ2v) is 5.30. The molecule has 0 aliphatic heterocycles. The predicted octanol–water partition coefficient (Wildman–Crippen LogP) is 0.560. The summed E-state index contributed by atoms with van der Waals surface area (Å²) in [6.07, 6.45) is 0.156. The Hall–Kier alpha value is -1.59. The molecule has 0 aromatic heterocycles. The summed E-state index contributed by atoms with van der Waals surface area (Å²) in [6, 6.07) is 0. The summed E-state index contributed by atoms with van der Waals surface area (Å²) in [6.45, 7) is 7.61. The van der Waals surface area contributed by atoms with Crippen molar-refractivity contribution in [3.63, 3.8) is 0 Å². The van der Waals surface area contributed by atoms with E-state index >= 15 is 0 Å². The SMILES string of the molecule is CCOC(=O)CCN(C)C(=O)CNC(=O)C(C)(C)C. The number of esters is 1. The molecule has 0 aromatic rings. The van der Waals surface area contributed by atoms with Gasteiger partial charge in [-0.3, -0.25) is 14.4 Å². The third-order valence-electron chi connectivity index (χ3n) is 2.46. The molecule has 0 rings (SSSR count). The second kappa shape index (κ2) is 7.76. The first-order valence-corrected chi connectivity index (χ1v) is 6.36. The Morgan fingerprint density at radius 2 is 1.79 bits per heavy atom. The van der Waals surface area contributed by atoms with Gasteiger partial charge in [-0.15, -0.1) is 0 Å². The number of carbonyl (C=O) groups is 3. The number of carbonyl (C=O) groups excluding carboxylic acids is 3. The van der Waals surface area contributed by atoms with E-state index in [4.69, 9.17) is 4.74 Å². The van der Waals surface area contributed by atoms with Crippen molar-refractivity contribution in [1.82, 2.24) is 10.2 Å². The molecule has 19 heavy (non-hydrogen) atoms. The zero-order valence-electron chi connectivity index (χ0n) is 12.4. The highest BCUT2D eigenvalue weighted by Gasteiger charge is 2.22. The van der Waals surface area contributed by atoms with Crippen LogP contribution in [0.2, 0.25) is 0 Å². The molecular weight excluding hydrogens is 248 g/mol. The third kappa shape index (κ3) is 7.43. The van der Waals surface area contributed by atoms with Crippen molar-refractivity contribution in [2.24, 2.45) is 5.41 Å². The van der Waals surface area contributed by atoms with Gasteiger partial charge < -0.3 is 15.0 Å². The molecule has 0 atom stereocenters. The molecule has 2 amide bonds. The number of nitrogens with one attached hydrogen (secondary N) is 1. The second-order valence-electron chi connectivity index (χ2n) is 5.30. The van der Waals surface area contributed by atoms with Gasteiger partial charge in [-0.25, -0.2) is 0 Å². The molecule has 110 valence electrons. The summed E-state index contributed by atoms with van der Waals surface area (Å²) in [5.74, 6) is -0.748. The fourth-order valence-electron chi connectivity index (χ4n) is 1.17. The molecule has 0 aliphatic carbocycles. The molecule has 0 unspecified atom stereocenters. The van der Waals surface area contributed by atoms with Gasteiger partial charge in [0, 0.05) is 19.0 Å². The van der Waals surface area contributed by atoms with Crippen LogP contribution in [0.5, 0.6) is 0 Å². The summed E-state index contributed by atoms with van der Waals surface area (Å²) in [5.41, 5.74) is -0.524. The summed E-state index contributed by atoms with van der Waals surface area (Å²) in [7, 11) is 1.59. The zero-order valence-corrected chi connectivity index (χ0v) is 12.4. The Kier molecular flexibility index (Phi) is 7.11. The molecule has 1 N–H and O–H groups in total. The maximum Gasteiger partial charge on any atom is 0.307 e. The van der Waals surface area contributed by atoms with Gasteiger partial charge in [0.05, 0.1) is 19.6 Å². The lowest BCUT2D eigenvalue weighted by Gasteiger charge is -2.20. The first-order valence-electron chi connectivity index (χ1n) is 6.36. The highest BCUT2D eigenvalue weighted by atomic mass is 16.5. The van der Waals surface area contributed by atoms with Crippen molar-refractivity contribution in [3.05, 3.63) is 0 Å². The number of amides is 2. The molecule has 6 nitrogen and oxygen atoms in total. The Balaban J connectivity index is 4.01. The smallest absolute Gasteiger partial charge is 0.307 e. The van der Waals surface area contributed by atoms with Crippen molar-refractivity contribution in [2.45, 2.75) is 34.1 Å². The molecule has 0 heterocycles. The van der Waals surface area contributed by atoms with Crippen LogP contribution in [0.1, 0.15) is 34.1 Å². The molecule has 6 heteroatoms. The minimum atomic E-state index is -0.524. The number of hydrogen-bond acceptors (Lipinski definition) is 4. The summed E-state index contributed by atoms with van der Waals surface area (Å²) >= 11 is 0. The summed E-state index contributed by atoms with van der Waals surface area (Å²) in [5, 5.41) is 2.57. The van der Waals surface area contributed by atoms with Gasteiger partial charge in [0.25, 0.3) is 0 Å². The largest absolute Gasteiger partial charge is 0.466 e. The van der Waals surface area contributed by atoms with E-state index in [1.54, 1.807) is 34.7 Å². The van der Waals surface area contributed by atoms with E-state index in [1.165, 1.54) is 4.90 Å². The normalized spacial score (nSPS) is 10.8. The number of hydrogen-bond donors (Lipinski definition) is 1. The fourth-order valence-corrected chi connectivity index (χ4v) is 1.17. The van der Waals surface area contributed by atoms with E-state index in [1.807, 2.05) is 0 Å². The predicted molar refractivity (Wildman–Crippen MR) is 71.4 cm³/mol. The van der Waals surface area contributed by atoms with E-state index < -0.39 is 5.41 Å². The van der Waals surface area contributed by atoms with Crippen LogP contribution in [0.4, 0.5) is 0 Å². The Morgan fingerprint density at radius 1 is 1.21 bits per heavy atom. The molecule has 0 saturated carbocycles. The van der Waals surface area contributed by atoms with Crippen LogP contribution in [0.3, 0.4) is 0 Å². The van der Waals surface area contributed by atoms with Gasteiger partial charge in [0.2, 0.25) is 11.8 Å². The fraction of sp³-hybridized carbons (Fsp3) is 0.769. The van der Waals surface area contributed by atoms with E-state index in [0.29, 0.717) is 6.61 Å². The average molecular weight is 272 g/mol. The average Bonchev–Trinajstić information content (AvgIpc) is 2.31. The number of ether oxygens (including phenoxy) is 1.